The maximum absolute atomic E-state index is 11.5. The Morgan fingerprint density at radius 3 is 2.36 bits per heavy atom. The van der Waals surface area contributed by atoms with Crippen LogP contribution in [-0.4, -0.2) is 46.8 Å². The third-order valence-corrected chi connectivity index (χ3v) is 5.08. The number of nitrogens with two attached hydrogens (primary N) is 1. The van der Waals surface area contributed by atoms with Crippen LogP contribution >= 0.6 is 0 Å². The van der Waals surface area contributed by atoms with Gasteiger partial charge in [0.05, 0.1) is 17.4 Å². The van der Waals surface area contributed by atoms with E-state index in [9.17, 15) is 4.79 Å². The van der Waals surface area contributed by atoms with Gasteiger partial charge in [0.15, 0.2) is 0 Å². The zero-order valence-corrected chi connectivity index (χ0v) is 15.7. The standard InChI is InChI=1S/C21H24N6O/c22-24-21(28)18-14-23-27(16-18)20-8-6-17(7-9-20)15-25-10-12-26(13-11-25)19-4-2-1-3-5-19/h1-9,14,16H,10-13,15,22H2,(H,24,28). The van der Waals surface area contributed by atoms with Crippen LogP contribution < -0.4 is 16.2 Å². The van der Waals surface area contributed by atoms with Gasteiger partial charge in [0.1, 0.15) is 0 Å². The molecule has 0 spiro atoms. The number of piperazine rings is 1. The largest absolute Gasteiger partial charge is 0.369 e. The number of para-hydroxylation sites is 1. The van der Waals surface area contributed by atoms with E-state index in [-0.39, 0.29) is 5.91 Å². The van der Waals surface area contributed by atoms with E-state index in [0.717, 1.165) is 38.4 Å². The molecule has 0 unspecified atom stereocenters. The molecule has 7 heteroatoms. The Morgan fingerprint density at radius 1 is 0.964 bits per heavy atom. The average molecular weight is 376 g/mol. The second-order valence-corrected chi connectivity index (χ2v) is 6.91. The molecule has 1 aliphatic rings. The maximum atomic E-state index is 11.5. The highest BCUT2D eigenvalue weighted by Crippen LogP contribution is 2.17. The Bertz CT molecular complexity index is 914. The fraction of sp³-hybridized carbons (Fsp3) is 0.238. The molecule has 0 bridgehead atoms. The average Bonchev–Trinajstić information content (AvgIpc) is 3.25. The molecular formula is C21H24N6O. The first-order chi connectivity index (χ1) is 13.7. The zero-order valence-electron chi connectivity index (χ0n) is 15.7. The molecule has 1 saturated heterocycles. The summed E-state index contributed by atoms with van der Waals surface area (Å²) in [6.07, 6.45) is 3.17. The third kappa shape index (κ3) is 4.05. The summed E-state index contributed by atoms with van der Waals surface area (Å²) in [5.74, 6) is 4.81. The minimum Gasteiger partial charge on any atom is -0.369 e. The second-order valence-electron chi connectivity index (χ2n) is 6.91. The fourth-order valence-corrected chi connectivity index (χ4v) is 3.48. The Labute approximate surface area is 164 Å². The van der Waals surface area contributed by atoms with Crippen molar-refractivity contribution >= 4 is 11.6 Å². The monoisotopic (exact) mass is 376 g/mol. The Kier molecular flexibility index (Phi) is 5.36. The summed E-state index contributed by atoms with van der Waals surface area (Å²) in [6, 6.07) is 18.9. The molecule has 3 aromatic rings. The zero-order chi connectivity index (χ0) is 19.3. The smallest absolute Gasteiger partial charge is 0.268 e. The number of hydrogen-bond donors (Lipinski definition) is 2. The van der Waals surface area contributed by atoms with Gasteiger partial charge in [-0.2, -0.15) is 5.10 Å². The van der Waals surface area contributed by atoms with Crippen molar-refractivity contribution in [3.05, 3.63) is 78.1 Å². The Hall–Kier alpha value is -3.16. The van der Waals surface area contributed by atoms with Crippen molar-refractivity contribution in [3.63, 3.8) is 0 Å². The number of hydrazine groups is 1. The van der Waals surface area contributed by atoms with Crippen molar-refractivity contribution in [2.45, 2.75) is 6.54 Å². The van der Waals surface area contributed by atoms with Crippen LogP contribution in [0.4, 0.5) is 5.69 Å². The van der Waals surface area contributed by atoms with E-state index in [1.54, 1.807) is 10.9 Å². The maximum Gasteiger partial charge on any atom is 0.268 e. The van der Waals surface area contributed by atoms with Crippen LogP contribution in [-0.2, 0) is 6.54 Å². The van der Waals surface area contributed by atoms with Crippen molar-refractivity contribution in [1.29, 1.82) is 0 Å². The quantitative estimate of drug-likeness (QED) is 0.403. The molecule has 3 N–H and O–H groups in total. The fourth-order valence-electron chi connectivity index (χ4n) is 3.48. The lowest BCUT2D eigenvalue weighted by Crippen LogP contribution is -2.45. The van der Waals surface area contributed by atoms with Gasteiger partial charge < -0.3 is 4.90 Å². The predicted octanol–water partition coefficient (Wildman–Crippen LogP) is 1.80. The van der Waals surface area contributed by atoms with E-state index < -0.39 is 0 Å². The molecule has 1 aliphatic heterocycles. The van der Waals surface area contributed by atoms with Crippen LogP contribution in [0.2, 0.25) is 0 Å². The van der Waals surface area contributed by atoms with Crippen LogP contribution in [0.15, 0.2) is 67.0 Å². The van der Waals surface area contributed by atoms with E-state index in [0.29, 0.717) is 5.56 Å². The number of anilines is 1. The van der Waals surface area contributed by atoms with Gasteiger partial charge in [0.2, 0.25) is 0 Å². The Morgan fingerprint density at radius 2 is 1.68 bits per heavy atom. The number of aromatic nitrogens is 2. The van der Waals surface area contributed by atoms with E-state index in [1.807, 2.05) is 12.1 Å². The SMILES string of the molecule is NNC(=O)c1cnn(-c2ccc(CN3CCN(c4ccccc4)CC3)cc2)c1. The molecule has 144 valence electrons. The molecule has 1 fully saturated rings. The Balaban J connectivity index is 1.34. The molecule has 0 atom stereocenters. The first-order valence-electron chi connectivity index (χ1n) is 9.40. The van der Waals surface area contributed by atoms with Crippen LogP contribution in [0, 0.1) is 0 Å². The van der Waals surface area contributed by atoms with Crippen molar-refractivity contribution in [2.75, 3.05) is 31.1 Å². The van der Waals surface area contributed by atoms with Crippen molar-refractivity contribution < 1.29 is 4.79 Å². The first-order valence-corrected chi connectivity index (χ1v) is 9.40. The predicted molar refractivity (Wildman–Crippen MR) is 109 cm³/mol. The van der Waals surface area contributed by atoms with Crippen LogP contribution in [0.5, 0.6) is 0 Å². The number of rotatable bonds is 5. The van der Waals surface area contributed by atoms with Crippen LogP contribution in [0.3, 0.4) is 0 Å². The van der Waals surface area contributed by atoms with Crippen molar-refractivity contribution in [2.24, 2.45) is 5.84 Å². The minimum absolute atomic E-state index is 0.350. The summed E-state index contributed by atoms with van der Waals surface area (Å²) >= 11 is 0. The molecule has 2 heterocycles. The normalized spacial score (nSPS) is 14.8. The highest BCUT2D eigenvalue weighted by atomic mass is 16.2. The summed E-state index contributed by atoms with van der Waals surface area (Å²) in [4.78, 5) is 16.5. The molecule has 0 saturated carbocycles. The summed E-state index contributed by atoms with van der Waals surface area (Å²) in [6.45, 7) is 5.12. The van der Waals surface area contributed by atoms with Crippen molar-refractivity contribution in [1.82, 2.24) is 20.1 Å². The van der Waals surface area contributed by atoms with Gasteiger partial charge in [-0.05, 0) is 29.8 Å². The second kappa shape index (κ2) is 8.24. The molecule has 0 radical (unpaired) electrons. The van der Waals surface area contributed by atoms with Gasteiger partial charge >= 0.3 is 0 Å². The molecule has 1 aromatic heterocycles. The molecule has 7 nitrogen and oxygen atoms in total. The molecule has 4 rings (SSSR count). The summed E-state index contributed by atoms with van der Waals surface area (Å²) in [5, 5.41) is 4.22. The highest BCUT2D eigenvalue weighted by Gasteiger charge is 2.17. The topological polar surface area (TPSA) is 79.4 Å². The van der Waals surface area contributed by atoms with Gasteiger partial charge in [-0.25, -0.2) is 10.5 Å². The lowest BCUT2D eigenvalue weighted by atomic mass is 10.1. The van der Waals surface area contributed by atoms with E-state index in [4.69, 9.17) is 5.84 Å². The van der Waals surface area contributed by atoms with E-state index in [2.05, 4.69) is 62.8 Å². The summed E-state index contributed by atoms with van der Waals surface area (Å²) < 4.78 is 1.67. The van der Waals surface area contributed by atoms with Gasteiger partial charge in [-0.3, -0.25) is 15.1 Å². The summed E-state index contributed by atoms with van der Waals surface area (Å²) in [5.41, 5.74) is 6.02. The first kappa shape index (κ1) is 18.2. The van der Waals surface area contributed by atoms with Crippen molar-refractivity contribution in [3.8, 4) is 5.69 Å². The number of carbonyl (C=O) groups is 1. The molecule has 28 heavy (non-hydrogen) atoms. The van der Waals surface area contributed by atoms with Gasteiger partial charge in [0.25, 0.3) is 5.91 Å². The van der Waals surface area contributed by atoms with E-state index >= 15 is 0 Å². The lowest BCUT2D eigenvalue weighted by Gasteiger charge is -2.36. The third-order valence-electron chi connectivity index (χ3n) is 5.08. The van der Waals surface area contributed by atoms with Gasteiger partial charge in [-0.1, -0.05) is 30.3 Å². The number of carbonyl (C=O) groups excluding carboxylic acids is 1. The van der Waals surface area contributed by atoms with Crippen LogP contribution in [0.1, 0.15) is 15.9 Å². The molecule has 2 aromatic carbocycles. The number of nitrogens with zero attached hydrogens (tertiary/aromatic N) is 4. The molecular weight excluding hydrogens is 352 g/mol. The number of benzene rings is 2. The van der Waals surface area contributed by atoms with Gasteiger partial charge in [0, 0.05) is 44.6 Å². The number of nitrogen functional groups attached to an aromatic ring is 1. The number of nitrogens with one attached hydrogen (secondary N) is 1. The summed E-state index contributed by atoms with van der Waals surface area (Å²) in [7, 11) is 0. The highest BCUT2D eigenvalue weighted by molar-refractivity contribution is 5.93. The number of amides is 1. The minimum atomic E-state index is -0.350. The molecule has 0 aliphatic carbocycles. The van der Waals surface area contributed by atoms with Gasteiger partial charge in [-0.15, -0.1) is 0 Å². The lowest BCUT2D eigenvalue weighted by molar-refractivity contribution is 0.0953. The van der Waals surface area contributed by atoms with E-state index in [1.165, 1.54) is 17.4 Å². The number of hydrogen-bond acceptors (Lipinski definition) is 5. The molecule has 1 amide bonds. The van der Waals surface area contributed by atoms with Crippen LogP contribution in [0.25, 0.3) is 5.69 Å².